The monoisotopic (exact) mass is 380 g/mol. The van der Waals surface area contributed by atoms with E-state index in [-0.39, 0.29) is 12.1 Å². The van der Waals surface area contributed by atoms with Gasteiger partial charge in [0.05, 0.1) is 4.92 Å². The molecule has 0 N–H and O–H groups in total. The maximum absolute atomic E-state index is 11.3. The Morgan fingerprint density at radius 1 is 0.889 bits per heavy atom. The summed E-state index contributed by atoms with van der Waals surface area (Å²) in [6.07, 6.45) is 18.0. The summed E-state index contributed by atoms with van der Waals surface area (Å²) in [4.78, 5) is 31.5. The molecule has 0 saturated carbocycles. The number of nitrogens with zero attached hydrogens (tertiary/aromatic N) is 2. The molecular weight excluding hydrogens is 348 g/mol. The normalized spacial score (nSPS) is 13.3. The second-order valence-electron chi connectivity index (χ2n) is 6.40. The third kappa shape index (κ3) is 13.5. The number of aldehydes is 1. The van der Waals surface area contributed by atoms with Gasteiger partial charge in [-0.15, -0.1) is 0 Å². The molecule has 0 aliphatic rings. The number of carbonyl (C=O) groups is 1. The van der Waals surface area contributed by atoms with Crippen LogP contribution in [0.2, 0.25) is 0 Å². The molecule has 7 nitrogen and oxygen atoms in total. The second-order valence-corrected chi connectivity index (χ2v) is 6.40. The Labute approximate surface area is 161 Å². The van der Waals surface area contributed by atoms with Crippen molar-refractivity contribution in [2.24, 2.45) is 0 Å². The maximum atomic E-state index is 11.3. The minimum absolute atomic E-state index is 0.205. The summed E-state index contributed by atoms with van der Waals surface area (Å²) in [5, 5.41) is 22.5. The van der Waals surface area contributed by atoms with E-state index in [9.17, 15) is 25.0 Å². The van der Waals surface area contributed by atoms with Gasteiger partial charge < -0.3 is 4.79 Å². The zero-order valence-electron chi connectivity index (χ0n) is 16.3. The van der Waals surface area contributed by atoms with Gasteiger partial charge in [-0.1, -0.05) is 56.9 Å². The highest BCUT2D eigenvalue weighted by atomic mass is 16.6. The number of nitro groups is 2. The molecule has 0 amide bonds. The van der Waals surface area contributed by atoms with Gasteiger partial charge in [-0.05, 0) is 32.1 Å². The molecule has 0 aromatic carbocycles. The number of unbranched alkanes of at least 4 members (excludes halogenated alkanes) is 6. The summed E-state index contributed by atoms with van der Waals surface area (Å²) in [5.74, 6) is 0. The first kappa shape index (κ1) is 24.7. The summed E-state index contributed by atoms with van der Waals surface area (Å²) in [6, 6.07) is -1.24. The Kier molecular flexibility index (Phi) is 15.7. The van der Waals surface area contributed by atoms with Crippen molar-refractivity contribution in [3.05, 3.63) is 56.3 Å². The fraction of sp³-hybridized carbons (Fsp3) is 0.650. The Morgan fingerprint density at radius 2 is 1.56 bits per heavy atom. The summed E-state index contributed by atoms with van der Waals surface area (Å²) in [7, 11) is 0. The predicted octanol–water partition coefficient (Wildman–Crippen LogP) is 5.41. The Morgan fingerprint density at radius 3 is 2.19 bits per heavy atom. The van der Waals surface area contributed by atoms with Crippen molar-refractivity contribution < 1.29 is 14.6 Å². The molecule has 0 spiro atoms. The molecule has 0 rings (SSSR count). The SMILES string of the molecule is CCCCCCCC(/C(=C/C/C=C/C/C=C/CCCC=O)[N+](=O)[O-])[N+](=O)[O-]. The predicted molar refractivity (Wildman–Crippen MR) is 107 cm³/mol. The first-order valence-electron chi connectivity index (χ1n) is 9.76. The van der Waals surface area contributed by atoms with E-state index in [1.165, 1.54) is 6.08 Å². The third-order valence-corrected chi connectivity index (χ3v) is 4.15. The number of hydrogen-bond donors (Lipinski definition) is 0. The van der Waals surface area contributed by atoms with Crippen molar-refractivity contribution in [1.82, 2.24) is 0 Å². The molecule has 0 aromatic heterocycles. The Balaban J connectivity index is 4.49. The minimum Gasteiger partial charge on any atom is -0.303 e. The molecule has 0 aromatic rings. The van der Waals surface area contributed by atoms with Crippen LogP contribution in [0, 0.1) is 20.2 Å². The van der Waals surface area contributed by atoms with Gasteiger partial charge >= 0.3 is 11.7 Å². The van der Waals surface area contributed by atoms with E-state index in [0.717, 1.165) is 44.8 Å². The molecule has 7 heteroatoms. The van der Waals surface area contributed by atoms with Crippen molar-refractivity contribution >= 4 is 6.29 Å². The van der Waals surface area contributed by atoms with Gasteiger partial charge in [-0.2, -0.15) is 0 Å². The lowest BCUT2D eigenvalue weighted by Crippen LogP contribution is -2.26. The van der Waals surface area contributed by atoms with Gasteiger partial charge in [0.25, 0.3) is 0 Å². The largest absolute Gasteiger partial charge is 0.315 e. The number of rotatable bonds is 17. The molecule has 1 atom stereocenters. The number of carbonyl (C=O) groups excluding carboxylic acids is 1. The van der Waals surface area contributed by atoms with Crippen LogP contribution in [0.25, 0.3) is 0 Å². The standard InChI is InChI=1S/C20H32N2O5/c1-2-3-4-10-13-16-19(21(24)25)20(22(26)27)17-14-11-8-6-5-7-9-12-15-18-23/h5,7-8,11,17-19H,2-4,6,9-10,12-16H2,1H3/b7-5+,11-8+,20-17-. The van der Waals surface area contributed by atoms with Crippen LogP contribution in [0.3, 0.4) is 0 Å². The van der Waals surface area contributed by atoms with E-state index in [1.54, 1.807) is 6.08 Å². The molecule has 0 saturated heterocycles. The van der Waals surface area contributed by atoms with Crippen LogP contribution in [-0.2, 0) is 4.79 Å². The second kappa shape index (κ2) is 17.1. The van der Waals surface area contributed by atoms with Gasteiger partial charge in [0.2, 0.25) is 0 Å². The summed E-state index contributed by atoms with van der Waals surface area (Å²) >= 11 is 0. The first-order chi connectivity index (χ1) is 13.0. The van der Waals surface area contributed by atoms with Crippen LogP contribution in [0.15, 0.2) is 36.1 Å². The highest BCUT2D eigenvalue weighted by Gasteiger charge is 2.34. The van der Waals surface area contributed by atoms with Crippen molar-refractivity contribution in [1.29, 1.82) is 0 Å². The van der Waals surface area contributed by atoms with Crippen LogP contribution in [-0.4, -0.2) is 22.2 Å². The van der Waals surface area contributed by atoms with Crippen molar-refractivity contribution in [3.63, 3.8) is 0 Å². The lowest BCUT2D eigenvalue weighted by atomic mass is 10.0. The molecule has 0 aliphatic heterocycles. The smallest absolute Gasteiger partial charge is 0.303 e. The van der Waals surface area contributed by atoms with Gasteiger partial charge in [-0.3, -0.25) is 20.2 Å². The molecular formula is C20H32N2O5. The molecule has 1 unspecified atom stereocenters. The van der Waals surface area contributed by atoms with Crippen LogP contribution in [0.1, 0.15) is 77.6 Å². The van der Waals surface area contributed by atoms with Gasteiger partial charge in [-0.25, -0.2) is 0 Å². The molecule has 0 bridgehead atoms. The Hall–Kier alpha value is -2.31. The molecule has 0 aliphatic carbocycles. The first-order valence-corrected chi connectivity index (χ1v) is 9.76. The van der Waals surface area contributed by atoms with E-state index in [0.29, 0.717) is 25.7 Å². The Bertz CT molecular complexity index is 526. The fourth-order valence-corrected chi connectivity index (χ4v) is 2.63. The number of hydrogen-bond acceptors (Lipinski definition) is 5. The highest BCUT2D eigenvalue weighted by Crippen LogP contribution is 2.17. The van der Waals surface area contributed by atoms with Crippen molar-refractivity contribution in [2.75, 3.05) is 0 Å². The van der Waals surface area contributed by atoms with E-state index in [1.807, 2.05) is 18.2 Å². The zero-order valence-corrected chi connectivity index (χ0v) is 16.3. The van der Waals surface area contributed by atoms with Crippen LogP contribution < -0.4 is 0 Å². The summed E-state index contributed by atoms with van der Waals surface area (Å²) in [5.41, 5.74) is -0.315. The fourth-order valence-electron chi connectivity index (χ4n) is 2.63. The average Bonchev–Trinajstić information content (AvgIpc) is 2.63. The van der Waals surface area contributed by atoms with Crippen molar-refractivity contribution in [2.45, 2.75) is 83.6 Å². The molecule has 0 heterocycles. The minimum atomic E-state index is -1.24. The van der Waals surface area contributed by atoms with Crippen LogP contribution >= 0.6 is 0 Å². The molecule has 152 valence electrons. The molecule has 27 heavy (non-hydrogen) atoms. The lowest BCUT2D eigenvalue weighted by molar-refractivity contribution is -0.556. The van der Waals surface area contributed by atoms with E-state index in [4.69, 9.17) is 0 Å². The molecule has 0 radical (unpaired) electrons. The van der Waals surface area contributed by atoms with E-state index >= 15 is 0 Å². The van der Waals surface area contributed by atoms with Gasteiger partial charge in [0.15, 0.2) is 0 Å². The van der Waals surface area contributed by atoms with E-state index < -0.39 is 15.9 Å². The van der Waals surface area contributed by atoms with Crippen LogP contribution in [0.5, 0.6) is 0 Å². The summed E-state index contributed by atoms with van der Waals surface area (Å²) in [6.45, 7) is 2.09. The zero-order chi connectivity index (χ0) is 20.3. The quantitative estimate of drug-likeness (QED) is 0.110. The van der Waals surface area contributed by atoms with Crippen LogP contribution in [0.4, 0.5) is 0 Å². The lowest BCUT2D eigenvalue weighted by Gasteiger charge is -2.07. The maximum Gasteiger partial charge on any atom is 0.315 e. The average molecular weight is 380 g/mol. The summed E-state index contributed by atoms with van der Waals surface area (Å²) < 4.78 is 0. The van der Waals surface area contributed by atoms with Crippen molar-refractivity contribution in [3.8, 4) is 0 Å². The third-order valence-electron chi connectivity index (χ3n) is 4.15. The van der Waals surface area contributed by atoms with E-state index in [2.05, 4.69) is 6.92 Å². The van der Waals surface area contributed by atoms with Gasteiger partial charge in [0, 0.05) is 23.8 Å². The van der Waals surface area contributed by atoms with Gasteiger partial charge in [0.1, 0.15) is 6.29 Å². The topological polar surface area (TPSA) is 103 Å². The number of allylic oxidation sites excluding steroid dienone is 5. The highest BCUT2D eigenvalue weighted by molar-refractivity contribution is 5.49. The molecule has 0 fully saturated rings.